The number of carbonyl (C=O) groups excluding carboxylic acids is 1. The number of hydrogen-bond acceptors (Lipinski definition) is 3. The molecular weight excluding hydrogens is 274 g/mol. The molecule has 1 N–H and O–H groups in total. The van der Waals surface area contributed by atoms with Gasteiger partial charge in [0.05, 0.1) is 11.1 Å². The SMILES string of the molecule is O=C(NC1CCC(Cl)CC1)c1cccc2nccnc12. The van der Waals surface area contributed by atoms with Gasteiger partial charge in [0.1, 0.15) is 5.52 Å². The summed E-state index contributed by atoms with van der Waals surface area (Å²) in [5, 5.41) is 3.34. The lowest BCUT2D eigenvalue weighted by atomic mass is 9.95. The minimum Gasteiger partial charge on any atom is -0.349 e. The Bertz CT molecular complexity index is 618. The lowest BCUT2D eigenvalue weighted by molar-refractivity contribution is 0.0929. The van der Waals surface area contributed by atoms with Crippen molar-refractivity contribution in [2.24, 2.45) is 0 Å². The average molecular weight is 290 g/mol. The van der Waals surface area contributed by atoms with Crippen molar-refractivity contribution in [2.45, 2.75) is 37.1 Å². The summed E-state index contributed by atoms with van der Waals surface area (Å²) < 4.78 is 0. The van der Waals surface area contributed by atoms with Gasteiger partial charge in [-0.05, 0) is 37.8 Å². The number of nitrogens with zero attached hydrogens (tertiary/aromatic N) is 2. The highest BCUT2D eigenvalue weighted by Gasteiger charge is 2.22. The first kappa shape index (κ1) is 13.3. The van der Waals surface area contributed by atoms with Gasteiger partial charge < -0.3 is 5.32 Å². The molecule has 1 aliphatic rings. The van der Waals surface area contributed by atoms with E-state index in [4.69, 9.17) is 11.6 Å². The van der Waals surface area contributed by atoms with Crippen molar-refractivity contribution in [3.63, 3.8) is 0 Å². The fourth-order valence-electron chi connectivity index (χ4n) is 2.64. The van der Waals surface area contributed by atoms with Gasteiger partial charge in [-0.3, -0.25) is 14.8 Å². The molecule has 0 bridgehead atoms. The third-order valence-corrected chi connectivity index (χ3v) is 4.17. The van der Waals surface area contributed by atoms with Gasteiger partial charge in [0.2, 0.25) is 0 Å². The fraction of sp³-hybridized carbons (Fsp3) is 0.400. The van der Waals surface area contributed by atoms with Gasteiger partial charge in [0.25, 0.3) is 5.91 Å². The van der Waals surface area contributed by atoms with Gasteiger partial charge in [-0.25, -0.2) is 0 Å². The van der Waals surface area contributed by atoms with Crippen LogP contribution in [0, 0.1) is 0 Å². The standard InChI is InChI=1S/C15H16ClN3O/c16-10-4-6-11(7-5-10)19-15(20)12-2-1-3-13-14(12)18-9-8-17-13/h1-3,8-11H,4-7H2,(H,19,20). The minimum atomic E-state index is -0.0749. The molecule has 0 spiro atoms. The molecule has 1 heterocycles. The van der Waals surface area contributed by atoms with Gasteiger partial charge in [0.15, 0.2) is 0 Å². The monoisotopic (exact) mass is 289 g/mol. The van der Waals surface area contributed by atoms with Crippen molar-refractivity contribution in [2.75, 3.05) is 0 Å². The molecule has 0 aliphatic heterocycles. The predicted molar refractivity (Wildman–Crippen MR) is 78.9 cm³/mol. The van der Waals surface area contributed by atoms with Crippen LogP contribution in [0.15, 0.2) is 30.6 Å². The smallest absolute Gasteiger partial charge is 0.253 e. The molecule has 1 fully saturated rings. The summed E-state index contributed by atoms with van der Waals surface area (Å²) in [7, 11) is 0. The molecule has 4 nitrogen and oxygen atoms in total. The van der Waals surface area contributed by atoms with Crippen LogP contribution < -0.4 is 5.32 Å². The fourth-order valence-corrected chi connectivity index (χ4v) is 2.89. The van der Waals surface area contributed by atoms with Crippen LogP contribution in [-0.4, -0.2) is 27.3 Å². The third-order valence-electron chi connectivity index (χ3n) is 3.74. The zero-order valence-electron chi connectivity index (χ0n) is 11.1. The molecule has 0 atom stereocenters. The van der Waals surface area contributed by atoms with Gasteiger partial charge in [-0.1, -0.05) is 6.07 Å². The number of fused-ring (bicyclic) bond motifs is 1. The number of carbonyl (C=O) groups is 1. The van der Waals surface area contributed by atoms with Crippen molar-refractivity contribution in [1.82, 2.24) is 15.3 Å². The molecule has 0 radical (unpaired) electrons. The van der Waals surface area contributed by atoms with Crippen LogP contribution in [-0.2, 0) is 0 Å². The van der Waals surface area contributed by atoms with Crippen molar-refractivity contribution in [1.29, 1.82) is 0 Å². The molecule has 1 saturated carbocycles. The van der Waals surface area contributed by atoms with E-state index in [-0.39, 0.29) is 17.3 Å². The van der Waals surface area contributed by atoms with Crippen LogP contribution in [0.2, 0.25) is 0 Å². The molecule has 0 saturated heterocycles. The van der Waals surface area contributed by atoms with Crippen LogP contribution in [0.3, 0.4) is 0 Å². The van der Waals surface area contributed by atoms with Crippen molar-refractivity contribution >= 4 is 28.5 Å². The molecule has 1 aliphatic carbocycles. The van der Waals surface area contributed by atoms with E-state index in [0.29, 0.717) is 11.1 Å². The second-order valence-corrected chi connectivity index (χ2v) is 5.77. The Morgan fingerprint density at radius 3 is 2.70 bits per heavy atom. The van der Waals surface area contributed by atoms with Crippen molar-refractivity contribution in [3.8, 4) is 0 Å². The number of aromatic nitrogens is 2. The number of rotatable bonds is 2. The van der Waals surface area contributed by atoms with E-state index in [1.165, 1.54) is 0 Å². The van der Waals surface area contributed by atoms with Crippen LogP contribution in [0.1, 0.15) is 36.0 Å². The Morgan fingerprint density at radius 1 is 1.15 bits per heavy atom. The second kappa shape index (κ2) is 5.75. The largest absolute Gasteiger partial charge is 0.349 e. The van der Waals surface area contributed by atoms with E-state index in [2.05, 4.69) is 15.3 Å². The van der Waals surface area contributed by atoms with Crippen LogP contribution in [0.5, 0.6) is 0 Å². The number of nitrogens with one attached hydrogen (secondary N) is 1. The molecule has 3 rings (SSSR count). The number of benzene rings is 1. The zero-order valence-corrected chi connectivity index (χ0v) is 11.8. The first-order valence-electron chi connectivity index (χ1n) is 6.88. The van der Waals surface area contributed by atoms with E-state index in [0.717, 1.165) is 31.2 Å². The van der Waals surface area contributed by atoms with Crippen LogP contribution in [0.4, 0.5) is 0 Å². The summed E-state index contributed by atoms with van der Waals surface area (Å²) in [5.74, 6) is -0.0749. The number of para-hydroxylation sites is 1. The topological polar surface area (TPSA) is 54.9 Å². The number of amides is 1. The Morgan fingerprint density at radius 2 is 1.90 bits per heavy atom. The van der Waals surface area contributed by atoms with E-state index < -0.39 is 0 Å². The Kier molecular flexibility index (Phi) is 3.83. The normalized spacial score (nSPS) is 22.6. The van der Waals surface area contributed by atoms with Crippen LogP contribution in [0.25, 0.3) is 11.0 Å². The van der Waals surface area contributed by atoms with E-state index in [1.807, 2.05) is 12.1 Å². The molecule has 104 valence electrons. The van der Waals surface area contributed by atoms with E-state index >= 15 is 0 Å². The quantitative estimate of drug-likeness (QED) is 0.865. The number of hydrogen-bond donors (Lipinski definition) is 1. The highest BCUT2D eigenvalue weighted by molar-refractivity contribution is 6.20. The van der Waals surface area contributed by atoms with Crippen molar-refractivity contribution in [3.05, 3.63) is 36.2 Å². The highest BCUT2D eigenvalue weighted by atomic mass is 35.5. The summed E-state index contributed by atoms with van der Waals surface area (Å²) in [5.41, 5.74) is 1.98. The molecule has 1 aromatic heterocycles. The molecule has 2 aromatic rings. The summed E-state index contributed by atoms with van der Waals surface area (Å²) in [6, 6.07) is 5.70. The van der Waals surface area contributed by atoms with Gasteiger partial charge >= 0.3 is 0 Å². The lowest BCUT2D eigenvalue weighted by Crippen LogP contribution is -2.37. The summed E-state index contributed by atoms with van der Waals surface area (Å²) in [4.78, 5) is 20.9. The van der Waals surface area contributed by atoms with E-state index in [9.17, 15) is 4.79 Å². The molecule has 0 unspecified atom stereocenters. The zero-order chi connectivity index (χ0) is 13.9. The summed E-state index contributed by atoms with van der Waals surface area (Å²) >= 11 is 6.08. The predicted octanol–water partition coefficient (Wildman–Crippen LogP) is 2.91. The Labute approximate surface area is 122 Å². The summed E-state index contributed by atoms with van der Waals surface area (Å²) in [6.07, 6.45) is 7.04. The maximum atomic E-state index is 12.4. The maximum Gasteiger partial charge on any atom is 0.253 e. The summed E-state index contributed by atoms with van der Waals surface area (Å²) in [6.45, 7) is 0. The average Bonchev–Trinajstić information content (AvgIpc) is 2.49. The van der Waals surface area contributed by atoms with Crippen molar-refractivity contribution < 1.29 is 4.79 Å². The van der Waals surface area contributed by atoms with Crippen LogP contribution >= 0.6 is 11.6 Å². The number of alkyl halides is 1. The third kappa shape index (κ3) is 2.75. The Balaban J connectivity index is 1.79. The first-order valence-corrected chi connectivity index (χ1v) is 7.32. The minimum absolute atomic E-state index is 0.0749. The number of halogens is 1. The van der Waals surface area contributed by atoms with Gasteiger partial charge in [0, 0.05) is 23.8 Å². The van der Waals surface area contributed by atoms with Gasteiger partial charge in [-0.2, -0.15) is 0 Å². The molecule has 1 aromatic carbocycles. The molecule has 20 heavy (non-hydrogen) atoms. The molecule has 5 heteroatoms. The van der Waals surface area contributed by atoms with Gasteiger partial charge in [-0.15, -0.1) is 11.6 Å². The second-order valence-electron chi connectivity index (χ2n) is 5.15. The Hall–Kier alpha value is -1.68. The maximum absolute atomic E-state index is 12.4. The van der Waals surface area contributed by atoms with E-state index in [1.54, 1.807) is 18.5 Å². The highest BCUT2D eigenvalue weighted by Crippen LogP contribution is 2.23. The molecular formula is C15H16ClN3O. The molecule has 1 amide bonds. The first-order chi connectivity index (χ1) is 9.74. The lowest BCUT2D eigenvalue weighted by Gasteiger charge is -2.25.